The van der Waals surface area contributed by atoms with Crippen molar-refractivity contribution in [1.29, 1.82) is 0 Å². The van der Waals surface area contributed by atoms with Gasteiger partial charge in [-0.05, 0) is 36.2 Å². The molecule has 1 fully saturated rings. The molecule has 0 saturated carbocycles. The summed E-state index contributed by atoms with van der Waals surface area (Å²) in [4.78, 5) is 12.2. The molecule has 0 bridgehead atoms. The Labute approximate surface area is 187 Å². The first kappa shape index (κ1) is 24.4. The Morgan fingerprint density at radius 2 is 1.58 bits per heavy atom. The van der Waals surface area contributed by atoms with Crippen molar-refractivity contribution in [2.45, 2.75) is 37.1 Å². The summed E-state index contributed by atoms with van der Waals surface area (Å²) in [6.07, 6.45) is -7.74. The first-order valence-corrected chi connectivity index (χ1v) is 9.83. The maximum Gasteiger partial charge on any atom is 0.338 e. The van der Waals surface area contributed by atoms with Crippen LogP contribution in [-0.4, -0.2) is 90.7 Å². The number of ether oxygens (including phenoxy) is 3. The standard InChI is InChI=1S/C21H24O12/c22-4-3-9-1-2-14(11(23)5-9)32-21-19(29)18(28)17(27)15(33-21)8-31-20(30)10-6-12(24)16(26)13(25)7-10/h1-2,5-7,15,17-19,21-29H,3-4,8H2/t15-,17-,18+,19-,21-/m1/s1. The first-order chi connectivity index (χ1) is 15.6. The zero-order valence-corrected chi connectivity index (χ0v) is 17.1. The smallest absolute Gasteiger partial charge is 0.338 e. The van der Waals surface area contributed by atoms with Crippen LogP contribution in [-0.2, 0) is 15.9 Å². The Bertz CT molecular complexity index is 970. The summed E-state index contributed by atoms with van der Waals surface area (Å²) in [5, 5.41) is 78.0. The van der Waals surface area contributed by atoms with Gasteiger partial charge < -0.3 is 55.1 Å². The second kappa shape index (κ2) is 10.1. The van der Waals surface area contributed by atoms with Crippen molar-refractivity contribution in [2.75, 3.05) is 13.2 Å². The lowest BCUT2D eigenvalue weighted by Crippen LogP contribution is -2.60. The molecule has 0 unspecified atom stereocenters. The molecule has 1 aliphatic heterocycles. The van der Waals surface area contributed by atoms with E-state index in [1.165, 1.54) is 12.1 Å². The van der Waals surface area contributed by atoms with Crippen molar-refractivity contribution >= 4 is 5.97 Å². The minimum absolute atomic E-state index is 0.102. The summed E-state index contributed by atoms with van der Waals surface area (Å²) in [5.74, 6) is -3.79. The molecule has 8 N–H and O–H groups in total. The van der Waals surface area contributed by atoms with Crippen LogP contribution in [0.2, 0.25) is 0 Å². The van der Waals surface area contributed by atoms with Crippen LogP contribution in [0.3, 0.4) is 0 Å². The second-order valence-electron chi connectivity index (χ2n) is 7.37. The third-order valence-electron chi connectivity index (χ3n) is 5.02. The monoisotopic (exact) mass is 468 g/mol. The van der Waals surface area contributed by atoms with Crippen LogP contribution in [0.25, 0.3) is 0 Å². The van der Waals surface area contributed by atoms with Crippen LogP contribution in [0.1, 0.15) is 15.9 Å². The van der Waals surface area contributed by atoms with Crippen LogP contribution in [0.15, 0.2) is 30.3 Å². The Hall–Kier alpha value is -3.29. The zero-order chi connectivity index (χ0) is 24.3. The number of benzene rings is 2. The van der Waals surface area contributed by atoms with Crippen molar-refractivity contribution in [1.82, 2.24) is 0 Å². The predicted octanol–water partition coefficient (Wildman–Crippen LogP) is -0.913. The average Bonchev–Trinajstić information content (AvgIpc) is 2.78. The SMILES string of the molecule is O=C(OC[C@H]1O[C@@H](Oc2ccc(CCO)cc2O)[C@H](O)[C@@H](O)[C@@H]1O)c1cc(O)c(O)c(O)c1. The van der Waals surface area contributed by atoms with Gasteiger partial charge in [0, 0.05) is 6.61 Å². The molecule has 0 amide bonds. The van der Waals surface area contributed by atoms with E-state index < -0.39 is 60.5 Å². The lowest BCUT2D eigenvalue weighted by Gasteiger charge is -2.39. The molecule has 1 aliphatic rings. The predicted molar refractivity (Wildman–Crippen MR) is 108 cm³/mol. The summed E-state index contributed by atoms with van der Waals surface area (Å²) in [7, 11) is 0. The molecular weight excluding hydrogens is 444 g/mol. The van der Waals surface area contributed by atoms with E-state index in [1.54, 1.807) is 6.07 Å². The van der Waals surface area contributed by atoms with E-state index >= 15 is 0 Å². The van der Waals surface area contributed by atoms with E-state index in [0.717, 1.165) is 12.1 Å². The van der Waals surface area contributed by atoms with E-state index in [9.17, 15) is 40.5 Å². The van der Waals surface area contributed by atoms with Gasteiger partial charge in [-0.3, -0.25) is 0 Å². The molecule has 2 aromatic rings. The quantitative estimate of drug-likeness (QED) is 0.184. The minimum Gasteiger partial charge on any atom is -0.504 e. The highest BCUT2D eigenvalue weighted by Gasteiger charge is 2.45. The van der Waals surface area contributed by atoms with Gasteiger partial charge in [0.25, 0.3) is 0 Å². The third kappa shape index (κ3) is 5.38. The fraction of sp³-hybridized carbons (Fsp3) is 0.381. The number of esters is 1. The molecule has 1 saturated heterocycles. The summed E-state index contributed by atoms with van der Waals surface area (Å²) in [6, 6.07) is 5.97. The fourth-order valence-electron chi connectivity index (χ4n) is 3.19. The first-order valence-electron chi connectivity index (χ1n) is 9.83. The highest BCUT2D eigenvalue weighted by molar-refractivity contribution is 5.91. The fourth-order valence-corrected chi connectivity index (χ4v) is 3.19. The number of phenolic OH excluding ortho intramolecular Hbond substituents is 4. The van der Waals surface area contributed by atoms with Crippen molar-refractivity contribution < 1.29 is 59.9 Å². The topological polar surface area (TPSA) is 207 Å². The van der Waals surface area contributed by atoms with E-state index in [2.05, 4.69) is 0 Å². The van der Waals surface area contributed by atoms with Gasteiger partial charge in [0.15, 0.2) is 28.7 Å². The van der Waals surface area contributed by atoms with Gasteiger partial charge in [0.1, 0.15) is 31.0 Å². The van der Waals surface area contributed by atoms with Crippen LogP contribution in [0, 0.1) is 0 Å². The van der Waals surface area contributed by atoms with Gasteiger partial charge in [-0.2, -0.15) is 0 Å². The molecule has 2 aromatic carbocycles. The molecular formula is C21H24O12. The Kier molecular flexibility index (Phi) is 7.46. The molecule has 3 rings (SSSR count). The molecule has 12 nitrogen and oxygen atoms in total. The van der Waals surface area contributed by atoms with Gasteiger partial charge in [0.05, 0.1) is 5.56 Å². The van der Waals surface area contributed by atoms with Crippen molar-refractivity contribution in [2.24, 2.45) is 0 Å². The van der Waals surface area contributed by atoms with Crippen molar-refractivity contribution in [3.63, 3.8) is 0 Å². The molecule has 0 radical (unpaired) electrons. The summed E-state index contributed by atoms with van der Waals surface area (Å²) >= 11 is 0. The average molecular weight is 468 g/mol. The maximum atomic E-state index is 12.2. The van der Waals surface area contributed by atoms with Gasteiger partial charge in [-0.1, -0.05) is 6.07 Å². The molecule has 0 spiro atoms. The minimum atomic E-state index is -1.75. The Morgan fingerprint density at radius 3 is 2.18 bits per heavy atom. The number of carbonyl (C=O) groups excluding carboxylic acids is 1. The lowest BCUT2D eigenvalue weighted by molar-refractivity contribution is -0.277. The summed E-state index contributed by atoms with van der Waals surface area (Å²) in [6.45, 7) is -0.745. The Balaban J connectivity index is 1.68. The van der Waals surface area contributed by atoms with E-state index in [0.29, 0.717) is 12.0 Å². The van der Waals surface area contributed by atoms with E-state index in [1.807, 2.05) is 0 Å². The Morgan fingerprint density at radius 1 is 0.909 bits per heavy atom. The number of hydrogen-bond acceptors (Lipinski definition) is 12. The molecule has 180 valence electrons. The molecule has 33 heavy (non-hydrogen) atoms. The third-order valence-corrected chi connectivity index (χ3v) is 5.02. The number of hydrogen-bond donors (Lipinski definition) is 8. The highest BCUT2D eigenvalue weighted by Crippen LogP contribution is 2.36. The second-order valence-corrected chi connectivity index (χ2v) is 7.37. The van der Waals surface area contributed by atoms with Crippen LogP contribution in [0.5, 0.6) is 28.7 Å². The van der Waals surface area contributed by atoms with Crippen molar-refractivity contribution in [3.8, 4) is 28.7 Å². The van der Waals surface area contributed by atoms with Crippen molar-refractivity contribution in [3.05, 3.63) is 41.5 Å². The zero-order valence-electron chi connectivity index (χ0n) is 17.1. The van der Waals surface area contributed by atoms with Gasteiger partial charge >= 0.3 is 5.97 Å². The van der Waals surface area contributed by atoms with E-state index in [4.69, 9.17) is 19.3 Å². The largest absolute Gasteiger partial charge is 0.504 e. The highest BCUT2D eigenvalue weighted by atomic mass is 16.7. The number of rotatable bonds is 7. The molecule has 1 heterocycles. The van der Waals surface area contributed by atoms with E-state index in [-0.39, 0.29) is 23.7 Å². The normalized spacial score (nSPS) is 24.9. The summed E-state index contributed by atoms with van der Waals surface area (Å²) < 4.78 is 15.8. The van der Waals surface area contributed by atoms with Gasteiger partial charge in [-0.25, -0.2) is 4.79 Å². The number of phenols is 4. The number of aromatic hydroxyl groups is 4. The summed E-state index contributed by atoms with van der Waals surface area (Å²) in [5.41, 5.74) is 0.313. The van der Waals surface area contributed by atoms with Crippen LogP contribution >= 0.6 is 0 Å². The van der Waals surface area contributed by atoms with Gasteiger partial charge in [0.2, 0.25) is 6.29 Å². The molecule has 0 aliphatic carbocycles. The van der Waals surface area contributed by atoms with Gasteiger partial charge in [-0.15, -0.1) is 0 Å². The molecule has 12 heteroatoms. The number of aliphatic hydroxyl groups is 4. The van der Waals surface area contributed by atoms with Crippen LogP contribution in [0.4, 0.5) is 0 Å². The molecule has 0 aromatic heterocycles. The molecule has 5 atom stereocenters. The number of aliphatic hydroxyl groups excluding tert-OH is 4. The van der Waals surface area contributed by atoms with Crippen LogP contribution < -0.4 is 4.74 Å². The number of carbonyl (C=O) groups is 1. The maximum absolute atomic E-state index is 12.2. The lowest BCUT2D eigenvalue weighted by atomic mass is 9.99.